The maximum Gasteiger partial charge on any atom is 0.147 e. The number of aromatic nitrogens is 2. The summed E-state index contributed by atoms with van der Waals surface area (Å²) < 4.78 is 0. The summed E-state index contributed by atoms with van der Waals surface area (Å²) in [6.45, 7) is 5.98. The Morgan fingerprint density at radius 3 is 2.31 bits per heavy atom. The van der Waals surface area contributed by atoms with Gasteiger partial charge in [0.25, 0.3) is 0 Å². The van der Waals surface area contributed by atoms with Gasteiger partial charge in [0.2, 0.25) is 0 Å². The molecule has 0 bridgehead atoms. The fourth-order valence-corrected chi connectivity index (χ4v) is 4.45. The molecule has 160 valence electrons. The number of nitrogens with two attached hydrogens (primary N) is 3. The van der Waals surface area contributed by atoms with Gasteiger partial charge in [-0.05, 0) is 50.2 Å². The van der Waals surface area contributed by atoms with E-state index in [4.69, 9.17) is 40.4 Å². The Morgan fingerprint density at radius 1 is 1.17 bits per heavy atom. The van der Waals surface area contributed by atoms with Gasteiger partial charge in [0, 0.05) is 17.3 Å². The monoisotopic (exact) mass is 439 g/mol. The molecule has 1 aliphatic rings. The van der Waals surface area contributed by atoms with Gasteiger partial charge in [0.15, 0.2) is 0 Å². The summed E-state index contributed by atoms with van der Waals surface area (Å²) in [6, 6.07) is 3.70. The number of benzene rings is 1. The van der Waals surface area contributed by atoms with Gasteiger partial charge in [-0.25, -0.2) is 9.97 Å². The van der Waals surface area contributed by atoms with Crippen LogP contribution in [-0.2, 0) is 6.61 Å². The molecule has 0 unspecified atom stereocenters. The molecule has 8 heteroatoms. The zero-order chi connectivity index (χ0) is 21.8. The number of hydrogen-bond acceptors (Lipinski definition) is 6. The maximum absolute atomic E-state index is 9.19. The minimum absolute atomic E-state index is 0.190. The standard InChI is InChI=1S/C12H12Cl2N4O.C9H19N/c1-5-11(18-9(4-19)12(16)17-5)7-2-6(15)3-8(13)10(7)14;1-3-9(4-2)7-5-6-8(9)10/h2-3,19H,4,15H2,1H3,(H2,16,17);8H,3-7,10H2,1-2H3/t;8-/m.1/s1. The van der Waals surface area contributed by atoms with Gasteiger partial charge < -0.3 is 22.3 Å². The van der Waals surface area contributed by atoms with Crippen LogP contribution in [0.25, 0.3) is 11.3 Å². The third kappa shape index (κ3) is 5.12. The van der Waals surface area contributed by atoms with E-state index in [1.807, 2.05) is 0 Å². The summed E-state index contributed by atoms with van der Waals surface area (Å²) >= 11 is 12.2. The lowest BCUT2D eigenvalue weighted by Crippen LogP contribution is -2.35. The first kappa shape index (κ1) is 23.7. The lowest BCUT2D eigenvalue weighted by molar-refractivity contribution is 0.237. The van der Waals surface area contributed by atoms with E-state index < -0.39 is 0 Å². The molecule has 0 amide bonds. The van der Waals surface area contributed by atoms with E-state index in [0.29, 0.717) is 44.1 Å². The quantitative estimate of drug-likeness (QED) is 0.510. The van der Waals surface area contributed by atoms with Gasteiger partial charge in [-0.1, -0.05) is 43.5 Å². The fourth-order valence-electron chi connectivity index (χ4n) is 4.02. The first-order valence-electron chi connectivity index (χ1n) is 9.93. The van der Waals surface area contributed by atoms with Crippen LogP contribution in [-0.4, -0.2) is 21.1 Å². The van der Waals surface area contributed by atoms with Crippen LogP contribution in [0, 0.1) is 12.3 Å². The lowest BCUT2D eigenvalue weighted by Gasteiger charge is -2.30. The number of rotatable bonds is 4. The molecular weight excluding hydrogens is 409 g/mol. The van der Waals surface area contributed by atoms with E-state index in [-0.39, 0.29) is 18.1 Å². The second kappa shape index (κ2) is 9.94. The van der Waals surface area contributed by atoms with Crippen molar-refractivity contribution in [3.8, 4) is 11.3 Å². The zero-order valence-electron chi connectivity index (χ0n) is 17.3. The van der Waals surface area contributed by atoms with Gasteiger partial charge >= 0.3 is 0 Å². The van der Waals surface area contributed by atoms with Crippen molar-refractivity contribution in [2.75, 3.05) is 11.5 Å². The minimum atomic E-state index is -0.306. The molecule has 7 N–H and O–H groups in total. The summed E-state index contributed by atoms with van der Waals surface area (Å²) in [5, 5.41) is 9.86. The van der Waals surface area contributed by atoms with E-state index in [9.17, 15) is 5.11 Å². The third-order valence-electron chi connectivity index (χ3n) is 6.01. The topological polar surface area (TPSA) is 124 Å². The summed E-state index contributed by atoms with van der Waals surface area (Å²) in [7, 11) is 0. The molecule has 0 aliphatic heterocycles. The highest BCUT2D eigenvalue weighted by Crippen LogP contribution is 2.42. The highest BCUT2D eigenvalue weighted by atomic mass is 35.5. The summed E-state index contributed by atoms with van der Waals surface area (Å²) in [4.78, 5) is 8.40. The smallest absolute Gasteiger partial charge is 0.147 e. The van der Waals surface area contributed by atoms with Crippen LogP contribution in [0.15, 0.2) is 12.1 Å². The molecule has 1 aromatic heterocycles. The Labute approximate surface area is 182 Å². The third-order valence-corrected chi connectivity index (χ3v) is 6.82. The molecule has 3 rings (SSSR count). The number of nitrogen functional groups attached to an aromatic ring is 2. The largest absolute Gasteiger partial charge is 0.399 e. The summed E-state index contributed by atoms with van der Waals surface area (Å²) in [5.74, 6) is 0.190. The minimum Gasteiger partial charge on any atom is -0.399 e. The van der Waals surface area contributed by atoms with E-state index in [2.05, 4.69) is 23.8 Å². The molecule has 2 aromatic rings. The van der Waals surface area contributed by atoms with Gasteiger partial charge in [0.05, 0.1) is 28.0 Å². The first-order valence-corrected chi connectivity index (χ1v) is 10.7. The van der Waals surface area contributed by atoms with Crippen molar-refractivity contribution in [2.45, 2.75) is 65.5 Å². The SMILES string of the molecule is CCC1(CC)CCC[C@H]1N.Cc1nc(N)c(CO)nc1-c1cc(N)cc(Cl)c1Cl. The van der Waals surface area contributed by atoms with Crippen molar-refractivity contribution in [2.24, 2.45) is 11.1 Å². The van der Waals surface area contributed by atoms with Crippen LogP contribution in [0.3, 0.4) is 0 Å². The molecule has 0 radical (unpaired) electrons. The number of nitrogens with zero attached hydrogens (tertiary/aromatic N) is 2. The molecule has 0 saturated heterocycles. The average Bonchev–Trinajstić information content (AvgIpc) is 3.06. The molecule has 1 aromatic carbocycles. The predicted octanol–water partition coefficient (Wildman–Crippen LogP) is 4.72. The van der Waals surface area contributed by atoms with E-state index in [1.165, 1.54) is 32.1 Å². The number of aliphatic hydroxyl groups excluding tert-OH is 1. The molecule has 1 saturated carbocycles. The predicted molar refractivity (Wildman–Crippen MR) is 122 cm³/mol. The Morgan fingerprint density at radius 2 is 1.83 bits per heavy atom. The van der Waals surface area contributed by atoms with Crippen molar-refractivity contribution in [1.82, 2.24) is 9.97 Å². The van der Waals surface area contributed by atoms with Crippen LogP contribution in [0.2, 0.25) is 10.0 Å². The molecule has 1 heterocycles. The van der Waals surface area contributed by atoms with Gasteiger partial charge in [0.1, 0.15) is 11.5 Å². The first-order chi connectivity index (χ1) is 13.7. The Bertz CT molecular complexity index is 855. The van der Waals surface area contributed by atoms with Crippen LogP contribution in [0.5, 0.6) is 0 Å². The zero-order valence-corrected chi connectivity index (χ0v) is 18.8. The van der Waals surface area contributed by atoms with Crippen molar-refractivity contribution >= 4 is 34.7 Å². The molecule has 0 spiro atoms. The van der Waals surface area contributed by atoms with Crippen molar-refractivity contribution in [3.63, 3.8) is 0 Å². The molecule has 29 heavy (non-hydrogen) atoms. The molecule has 1 aliphatic carbocycles. The summed E-state index contributed by atoms with van der Waals surface area (Å²) in [6.07, 6.45) is 6.50. The van der Waals surface area contributed by atoms with Crippen LogP contribution >= 0.6 is 23.2 Å². The van der Waals surface area contributed by atoms with Crippen LogP contribution in [0.4, 0.5) is 11.5 Å². The van der Waals surface area contributed by atoms with E-state index >= 15 is 0 Å². The van der Waals surface area contributed by atoms with Crippen LogP contribution in [0.1, 0.15) is 57.3 Å². The number of hydrogen-bond donors (Lipinski definition) is 4. The summed E-state index contributed by atoms with van der Waals surface area (Å²) in [5.41, 5.74) is 20.4. The number of aryl methyl sites for hydroxylation is 1. The molecule has 6 nitrogen and oxygen atoms in total. The van der Waals surface area contributed by atoms with Crippen molar-refractivity contribution in [1.29, 1.82) is 0 Å². The van der Waals surface area contributed by atoms with Gasteiger partial charge in [-0.2, -0.15) is 0 Å². The lowest BCUT2D eigenvalue weighted by atomic mass is 9.78. The second-order valence-electron chi connectivity index (χ2n) is 7.58. The average molecular weight is 440 g/mol. The maximum atomic E-state index is 9.19. The highest BCUT2D eigenvalue weighted by Gasteiger charge is 2.37. The number of anilines is 2. The van der Waals surface area contributed by atoms with Gasteiger partial charge in [-0.3, -0.25) is 0 Å². The fraction of sp³-hybridized carbons (Fsp3) is 0.524. The number of aliphatic hydroxyl groups is 1. The molecule has 1 fully saturated rings. The Kier molecular flexibility index (Phi) is 8.11. The molecular formula is C21H31Cl2N5O. The number of halogens is 2. The normalized spacial score (nSPS) is 17.7. The Hall–Kier alpha value is -1.60. The highest BCUT2D eigenvalue weighted by molar-refractivity contribution is 6.44. The van der Waals surface area contributed by atoms with Crippen molar-refractivity contribution in [3.05, 3.63) is 33.6 Å². The molecule has 1 atom stereocenters. The van der Waals surface area contributed by atoms with Gasteiger partial charge in [-0.15, -0.1) is 0 Å². The van der Waals surface area contributed by atoms with E-state index in [0.717, 1.165) is 0 Å². The Balaban J connectivity index is 0.000000253. The second-order valence-corrected chi connectivity index (χ2v) is 8.37. The van der Waals surface area contributed by atoms with E-state index in [1.54, 1.807) is 19.1 Å². The van der Waals surface area contributed by atoms with Crippen molar-refractivity contribution < 1.29 is 5.11 Å². The van der Waals surface area contributed by atoms with Crippen LogP contribution < -0.4 is 17.2 Å².